The van der Waals surface area contributed by atoms with Gasteiger partial charge in [-0.1, -0.05) is 6.92 Å². The van der Waals surface area contributed by atoms with Crippen molar-refractivity contribution in [2.45, 2.75) is 25.9 Å². The highest BCUT2D eigenvalue weighted by Crippen LogP contribution is 2.14. The summed E-state index contributed by atoms with van der Waals surface area (Å²) < 4.78 is 10.8. The van der Waals surface area contributed by atoms with E-state index >= 15 is 0 Å². The van der Waals surface area contributed by atoms with Crippen molar-refractivity contribution in [3.63, 3.8) is 0 Å². The summed E-state index contributed by atoms with van der Waals surface area (Å²) in [5.41, 5.74) is 0. The number of nitrogens with zero attached hydrogens (tertiary/aromatic N) is 1. The second-order valence-corrected chi connectivity index (χ2v) is 5.63. The van der Waals surface area contributed by atoms with Gasteiger partial charge in [0.15, 0.2) is 0 Å². The smallest absolute Gasteiger partial charge is 0.227 e. The summed E-state index contributed by atoms with van der Waals surface area (Å²) in [6.45, 7) is 10.5. The lowest BCUT2D eigenvalue weighted by Crippen LogP contribution is -2.50. The molecule has 20 heavy (non-hydrogen) atoms. The van der Waals surface area contributed by atoms with Crippen LogP contribution in [0.2, 0.25) is 0 Å². The highest BCUT2D eigenvalue weighted by atomic mass is 16.5. The number of ether oxygens (including phenoxy) is 2. The molecule has 3 unspecified atom stereocenters. The summed E-state index contributed by atoms with van der Waals surface area (Å²) in [6.07, 6.45) is 0. The Labute approximate surface area is 121 Å². The Morgan fingerprint density at radius 1 is 1.30 bits per heavy atom. The molecule has 0 aliphatic carbocycles. The van der Waals surface area contributed by atoms with E-state index in [0.717, 1.165) is 39.4 Å². The first-order chi connectivity index (χ1) is 9.70. The second-order valence-electron chi connectivity index (χ2n) is 5.63. The van der Waals surface area contributed by atoms with Gasteiger partial charge in [0.2, 0.25) is 5.91 Å². The molecule has 0 aromatic heterocycles. The van der Waals surface area contributed by atoms with Crippen LogP contribution >= 0.6 is 0 Å². The van der Waals surface area contributed by atoms with Gasteiger partial charge in [0.25, 0.3) is 0 Å². The lowest BCUT2D eigenvalue weighted by Gasteiger charge is -2.30. The number of likely N-dealkylation sites (N-methyl/N-ethyl adjacent to an activating group) is 1. The Kier molecular flexibility index (Phi) is 6.22. The zero-order chi connectivity index (χ0) is 14.4. The van der Waals surface area contributed by atoms with Crippen LogP contribution < -0.4 is 10.6 Å². The van der Waals surface area contributed by atoms with Gasteiger partial charge >= 0.3 is 0 Å². The first-order valence-electron chi connectivity index (χ1n) is 7.62. The Balaban J connectivity index is 1.74. The number of morpholine rings is 1. The van der Waals surface area contributed by atoms with Gasteiger partial charge in [0, 0.05) is 31.7 Å². The number of hydrogen-bond acceptors (Lipinski definition) is 5. The summed E-state index contributed by atoms with van der Waals surface area (Å²) >= 11 is 0. The van der Waals surface area contributed by atoms with Crippen molar-refractivity contribution >= 4 is 5.91 Å². The van der Waals surface area contributed by atoms with Crippen molar-refractivity contribution in [1.82, 2.24) is 15.5 Å². The molecule has 0 saturated carbocycles. The normalized spacial score (nSPS) is 29.3. The number of amides is 1. The van der Waals surface area contributed by atoms with Gasteiger partial charge < -0.3 is 20.1 Å². The van der Waals surface area contributed by atoms with Crippen LogP contribution in [0, 0.1) is 5.92 Å². The molecule has 2 fully saturated rings. The number of hydrogen-bond donors (Lipinski definition) is 2. The van der Waals surface area contributed by atoms with Crippen molar-refractivity contribution in [2.24, 2.45) is 5.92 Å². The molecule has 3 atom stereocenters. The molecule has 0 bridgehead atoms. The molecule has 1 amide bonds. The van der Waals surface area contributed by atoms with E-state index in [1.807, 2.05) is 6.92 Å². The molecule has 2 N–H and O–H groups in total. The number of rotatable bonds is 6. The Morgan fingerprint density at radius 2 is 2.05 bits per heavy atom. The molecule has 0 spiro atoms. The molecular weight excluding hydrogens is 258 g/mol. The lowest BCUT2D eigenvalue weighted by atomic mass is 10.0. The quantitative estimate of drug-likeness (QED) is 0.685. The van der Waals surface area contributed by atoms with E-state index in [4.69, 9.17) is 9.47 Å². The van der Waals surface area contributed by atoms with Crippen LogP contribution in [0.1, 0.15) is 13.8 Å². The third-order valence-corrected chi connectivity index (χ3v) is 3.91. The minimum absolute atomic E-state index is 0.0675. The van der Waals surface area contributed by atoms with Crippen LogP contribution in [-0.2, 0) is 14.3 Å². The number of carbonyl (C=O) groups excluding carboxylic acids is 1. The topological polar surface area (TPSA) is 62.8 Å². The highest BCUT2D eigenvalue weighted by Gasteiger charge is 2.34. The molecule has 0 aromatic rings. The molecule has 2 aliphatic rings. The first kappa shape index (κ1) is 15.7. The summed E-state index contributed by atoms with van der Waals surface area (Å²) in [5, 5.41) is 6.43. The maximum atomic E-state index is 12.3. The molecular formula is C14H27N3O3. The predicted molar refractivity (Wildman–Crippen MR) is 76.6 cm³/mol. The maximum absolute atomic E-state index is 12.3. The maximum Gasteiger partial charge on any atom is 0.227 e. The van der Waals surface area contributed by atoms with Gasteiger partial charge in [0.05, 0.1) is 32.3 Å². The van der Waals surface area contributed by atoms with Crippen LogP contribution in [0.3, 0.4) is 0 Å². The molecule has 2 heterocycles. The van der Waals surface area contributed by atoms with Crippen molar-refractivity contribution in [3.8, 4) is 0 Å². The van der Waals surface area contributed by atoms with Crippen molar-refractivity contribution in [1.29, 1.82) is 0 Å². The summed E-state index contributed by atoms with van der Waals surface area (Å²) in [6, 6.07) is 0.305. The molecule has 2 aliphatic heterocycles. The second kappa shape index (κ2) is 7.93. The molecule has 116 valence electrons. The fraction of sp³-hybridized carbons (Fsp3) is 0.929. The highest BCUT2D eigenvalue weighted by molar-refractivity contribution is 5.80. The van der Waals surface area contributed by atoms with Gasteiger partial charge in [-0.25, -0.2) is 0 Å². The molecule has 2 rings (SSSR count). The molecule has 6 nitrogen and oxygen atoms in total. The lowest BCUT2D eigenvalue weighted by molar-refractivity contribution is -0.126. The van der Waals surface area contributed by atoms with E-state index in [1.54, 1.807) is 0 Å². The zero-order valence-electron chi connectivity index (χ0n) is 12.6. The molecule has 6 heteroatoms. The van der Waals surface area contributed by atoms with Gasteiger partial charge in [0.1, 0.15) is 0 Å². The van der Waals surface area contributed by atoms with E-state index < -0.39 is 0 Å². The largest absolute Gasteiger partial charge is 0.379 e. The minimum Gasteiger partial charge on any atom is -0.379 e. The number of nitrogens with one attached hydrogen (secondary N) is 2. The molecule has 0 radical (unpaired) electrons. The van der Waals surface area contributed by atoms with E-state index in [2.05, 4.69) is 22.5 Å². The van der Waals surface area contributed by atoms with E-state index in [-0.39, 0.29) is 23.9 Å². The predicted octanol–water partition coefficient (Wildman–Crippen LogP) is -0.552. The first-order valence-corrected chi connectivity index (χ1v) is 7.62. The Bertz CT molecular complexity index is 308. The van der Waals surface area contributed by atoms with Gasteiger partial charge in [-0.05, 0) is 13.5 Å². The van der Waals surface area contributed by atoms with E-state index in [9.17, 15) is 4.79 Å². The number of carbonyl (C=O) groups is 1. The van der Waals surface area contributed by atoms with Crippen molar-refractivity contribution in [2.75, 3.05) is 52.6 Å². The summed E-state index contributed by atoms with van der Waals surface area (Å²) in [7, 11) is 0. The Hall–Kier alpha value is -0.690. The minimum atomic E-state index is -0.0675. The van der Waals surface area contributed by atoms with Crippen LogP contribution in [0.4, 0.5) is 0 Å². The van der Waals surface area contributed by atoms with Gasteiger partial charge in [-0.2, -0.15) is 0 Å². The van der Waals surface area contributed by atoms with E-state index in [1.165, 1.54) is 0 Å². The average molecular weight is 285 g/mol. The van der Waals surface area contributed by atoms with Crippen molar-refractivity contribution < 1.29 is 14.3 Å². The molecule has 0 aromatic carbocycles. The van der Waals surface area contributed by atoms with Gasteiger partial charge in [-0.15, -0.1) is 0 Å². The van der Waals surface area contributed by atoms with Crippen LogP contribution in [0.15, 0.2) is 0 Å². The molecule has 2 saturated heterocycles. The van der Waals surface area contributed by atoms with Gasteiger partial charge in [-0.3, -0.25) is 9.69 Å². The monoisotopic (exact) mass is 285 g/mol. The third-order valence-electron chi connectivity index (χ3n) is 3.91. The summed E-state index contributed by atoms with van der Waals surface area (Å²) in [5.74, 6) is 0.0382. The fourth-order valence-electron chi connectivity index (χ4n) is 2.84. The summed E-state index contributed by atoms with van der Waals surface area (Å²) in [4.78, 5) is 14.6. The average Bonchev–Trinajstić information content (AvgIpc) is 2.88. The Morgan fingerprint density at radius 3 is 2.75 bits per heavy atom. The standard InChI is InChI=1S/C14H27N3O3/c1-3-15-13-10-20-9-12(13)14(18)16-11(2)8-17-4-6-19-7-5-17/h11-13,15H,3-10H2,1-2H3,(H,16,18). The zero-order valence-corrected chi connectivity index (χ0v) is 12.6. The van der Waals surface area contributed by atoms with Crippen LogP contribution in [0.25, 0.3) is 0 Å². The SMILES string of the molecule is CCNC1COCC1C(=O)NC(C)CN1CCOCC1. The van der Waals surface area contributed by atoms with Crippen molar-refractivity contribution in [3.05, 3.63) is 0 Å². The van der Waals surface area contributed by atoms with Crippen LogP contribution in [-0.4, -0.2) is 75.5 Å². The third kappa shape index (κ3) is 4.41. The van der Waals surface area contributed by atoms with Crippen LogP contribution in [0.5, 0.6) is 0 Å². The fourth-order valence-corrected chi connectivity index (χ4v) is 2.84. The van der Waals surface area contributed by atoms with E-state index in [0.29, 0.717) is 13.2 Å².